The first kappa shape index (κ1) is 12.6. The molecular formula is C12H15NO5. The number of rotatable bonds is 4. The van der Waals surface area contributed by atoms with Gasteiger partial charge in [-0.05, 0) is 25.0 Å². The predicted octanol–water partition coefficient (Wildman–Crippen LogP) is 1.03. The molecule has 6 heteroatoms. The van der Waals surface area contributed by atoms with Gasteiger partial charge in [-0.2, -0.15) is 0 Å². The first-order valence-electron chi connectivity index (χ1n) is 5.77. The lowest BCUT2D eigenvalue weighted by Gasteiger charge is -2.36. The number of nitrogens with one attached hydrogen (secondary N) is 1. The molecule has 1 fully saturated rings. The Kier molecular flexibility index (Phi) is 3.66. The number of carbonyl (C=O) groups excluding carboxylic acids is 1. The Morgan fingerprint density at radius 2 is 2.11 bits per heavy atom. The van der Waals surface area contributed by atoms with Crippen LogP contribution in [-0.4, -0.2) is 35.7 Å². The highest BCUT2D eigenvalue weighted by Crippen LogP contribution is 2.25. The van der Waals surface area contributed by atoms with Crippen LogP contribution in [0, 0.1) is 0 Å². The van der Waals surface area contributed by atoms with E-state index in [1.165, 1.54) is 6.26 Å². The second-order valence-corrected chi connectivity index (χ2v) is 4.39. The van der Waals surface area contributed by atoms with Crippen molar-refractivity contribution in [1.82, 2.24) is 5.32 Å². The van der Waals surface area contributed by atoms with Gasteiger partial charge in [-0.3, -0.25) is 9.59 Å². The third-order valence-electron chi connectivity index (χ3n) is 3.06. The van der Waals surface area contributed by atoms with E-state index in [9.17, 15) is 9.59 Å². The number of hydrogen-bond acceptors (Lipinski definition) is 4. The number of ether oxygens (including phenoxy) is 1. The van der Waals surface area contributed by atoms with Gasteiger partial charge in [-0.15, -0.1) is 0 Å². The molecule has 0 saturated carbocycles. The Labute approximate surface area is 104 Å². The Bertz CT molecular complexity index is 420. The summed E-state index contributed by atoms with van der Waals surface area (Å²) in [5.41, 5.74) is -0.742. The predicted molar refractivity (Wildman–Crippen MR) is 61.2 cm³/mol. The number of hydrogen-bond donors (Lipinski definition) is 2. The molecule has 1 aliphatic rings. The molecule has 0 unspecified atom stereocenters. The van der Waals surface area contributed by atoms with Gasteiger partial charge in [-0.25, -0.2) is 0 Å². The maximum atomic E-state index is 11.9. The summed E-state index contributed by atoms with van der Waals surface area (Å²) in [6, 6.07) is 3.16. The minimum atomic E-state index is -0.934. The smallest absolute Gasteiger partial charge is 0.305 e. The van der Waals surface area contributed by atoms with Crippen LogP contribution in [0.1, 0.15) is 29.8 Å². The highest BCUT2D eigenvalue weighted by Gasteiger charge is 2.37. The molecule has 1 amide bonds. The van der Waals surface area contributed by atoms with E-state index in [-0.39, 0.29) is 18.1 Å². The van der Waals surface area contributed by atoms with Crippen LogP contribution >= 0.6 is 0 Å². The van der Waals surface area contributed by atoms with Crippen molar-refractivity contribution in [2.24, 2.45) is 0 Å². The van der Waals surface area contributed by atoms with Crippen molar-refractivity contribution in [2.75, 3.05) is 13.2 Å². The Hall–Kier alpha value is -1.82. The molecule has 98 valence electrons. The van der Waals surface area contributed by atoms with Crippen molar-refractivity contribution in [3.63, 3.8) is 0 Å². The molecule has 0 bridgehead atoms. The maximum absolute atomic E-state index is 11.9. The molecule has 0 radical (unpaired) electrons. The van der Waals surface area contributed by atoms with Crippen LogP contribution in [0.5, 0.6) is 0 Å². The van der Waals surface area contributed by atoms with Crippen LogP contribution in [0.2, 0.25) is 0 Å². The summed E-state index contributed by atoms with van der Waals surface area (Å²) in [5.74, 6) is -1.13. The van der Waals surface area contributed by atoms with E-state index in [0.717, 1.165) is 0 Å². The first-order chi connectivity index (χ1) is 8.61. The van der Waals surface area contributed by atoms with E-state index in [2.05, 4.69) is 5.32 Å². The van der Waals surface area contributed by atoms with E-state index in [4.69, 9.17) is 14.3 Å². The lowest BCUT2D eigenvalue weighted by atomic mass is 9.86. The molecule has 0 atom stereocenters. The minimum Gasteiger partial charge on any atom is -0.481 e. The Morgan fingerprint density at radius 3 is 2.67 bits per heavy atom. The van der Waals surface area contributed by atoms with Gasteiger partial charge in [0.05, 0.1) is 18.2 Å². The molecule has 18 heavy (non-hydrogen) atoms. The summed E-state index contributed by atoms with van der Waals surface area (Å²) in [6.07, 6.45) is 2.28. The highest BCUT2D eigenvalue weighted by atomic mass is 16.5. The molecular weight excluding hydrogens is 238 g/mol. The van der Waals surface area contributed by atoms with Crippen LogP contribution in [0.25, 0.3) is 0 Å². The van der Waals surface area contributed by atoms with E-state index in [0.29, 0.717) is 26.1 Å². The number of carboxylic acid groups (broad SMARTS) is 1. The molecule has 0 aliphatic carbocycles. The SMILES string of the molecule is O=C(O)CC1(NC(=O)c2ccco2)CCOCC1. The van der Waals surface area contributed by atoms with Crippen LogP contribution in [-0.2, 0) is 9.53 Å². The zero-order chi connectivity index (χ0) is 13.0. The van der Waals surface area contributed by atoms with Gasteiger partial charge >= 0.3 is 5.97 Å². The summed E-state index contributed by atoms with van der Waals surface area (Å²) in [6.45, 7) is 0.900. The molecule has 0 spiro atoms. The summed E-state index contributed by atoms with van der Waals surface area (Å²) in [5, 5.41) is 11.7. The topological polar surface area (TPSA) is 88.8 Å². The zero-order valence-corrected chi connectivity index (χ0v) is 9.85. The standard InChI is InChI=1S/C12H15NO5/c14-10(15)8-12(3-6-17-7-4-12)13-11(16)9-2-1-5-18-9/h1-2,5H,3-4,6-8H2,(H,13,16)(H,14,15). The fraction of sp³-hybridized carbons (Fsp3) is 0.500. The Balaban J connectivity index is 2.09. The van der Waals surface area contributed by atoms with Gasteiger partial charge in [0.2, 0.25) is 0 Å². The molecule has 1 saturated heterocycles. The third kappa shape index (κ3) is 2.89. The summed E-state index contributed by atoms with van der Waals surface area (Å²) in [4.78, 5) is 22.8. The number of carbonyl (C=O) groups is 2. The van der Waals surface area contributed by atoms with Gasteiger partial charge in [0, 0.05) is 13.2 Å². The van der Waals surface area contributed by atoms with Gasteiger partial charge in [0.25, 0.3) is 5.91 Å². The lowest BCUT2D eigenvalue weighted by Crippen LogP contribution is -2.53. The molecule has 1 aromatic rings. The monoisotopic (exact) mass is 253 g/mol. The van der Waals surface area contributed by atoms with Crippen molar-refractivity contribution in [1.29, 1.82) is 0 Å². The second-order valence-electron chi connectivity index (χ2n) is 4.39. The molecule has 2 rings (SSSR count). The van der Waals surface area contributed by atoms with Crippen molar-refractivity contribution in [3.05, 3.63) is 24.2 Å². The van der Waals surface area contributed by atoms with Gasteiger partial charge in [-0.1, -0.05) is 0 Å². The Morgan fingerprint density at radius 1 is 1.39 bits per heavy atom. The average molecular weight is 253 g/mol. The van der Waals surface area contributed by atoms with Crippen molar-refractivity contribution >= 4 is 11.9 Å². The van der Waals surface area contributed by atoms with Crippen LogP contribution in [0.15, 0.2) is 22.8 Å². The zero-order valence-electron chi connectivity index (χ0n) is 9.85. The fourth-order valence-corrected chi connectivity index (χ4v) is 2.11. The number of furan rings is 1. The number of amides is 1. The largest absolute Gasteiger partial charge is 0.481 e. The molecule has 2 N–H and O–H groups in total. The van der Waals surface area contributed by atoms with Gasteiger partial charge in [0.15, 0.2) is 5.76 Å². The van der Waals surface area contributed by atoms with Gasteiger partial charge < -0.3 is 19.6 Å². The lowest BCUT2D eigenvalue weighted by molar-refractivity contribution is -0.139. The summed E-state index contributed by atoms with van der Waals surface area (Å²) in [7, 11) is 0. The number of aliphatic carboxylic acids is 1. The molecule has 1 aliphatic heterocycles. The van der Waals surface area contributed by atoms with E-state index >= 15 is 0 Å². The molecule has 6 nitrogen and oxygen atoms in total. The van der Waals surface area contributed by atoms with Crippen LogP contribution in [0.3, 0.4) is 0 Å². The van der Waals surface area contributed by atoms with E-state index in [1.807, 2.05) is 0 Å². The van der Waals surface area contributed by atoms with E-state index in [1.54, 1.807) is 12.1 Å². The first-order valence-corrected chi connectivity index (χ1v) is 5.77. The van der Waals surface area contributed by atoms with Gasteiger partial charge in [0.1, 0.15) is 0 Å². The molecule has 1 aromatic heterocycles. The molecule has 0 aromatic carbocycles. The third-order valence-corrected chi connectivity index (χ3v) is 3.06. The normalized spacial score (nSPS) is 18.2. The fourth-order valence-electron chi connectivity index (χ4n) is 2.11. The van der Waals surface area contributed by atoms with Crippen LogP contribution in [0.4, 0.5) is 0 Å². The summed E-state index contributed by atoms with van der Waals surface area (Å²) >= 11 is 0. The summed E-state index contributed by atoms with van der Waals surface area (Å²) < 4.78 is 10.2. The highest BCUT2D eigenvalue weighted by molar-refractivity contribution is 5.92. The maximum Gasteiger partial charge on any atom is 0.305 e. The van der Waals surface area contributed by atoms with Crippen LogP contribution < -0.4 is 5.32 Å². The van der Waals surface area contributed by atoms with Crippen molar-refractivity contribution in [2.45, 2.75) is 24.8 Å². The average Bonchev–Trinajstić information content (AvgIpc) is 2.82. The van der Waals surface area contributed by atoms with E-state index < -0.39 is 11.5 Å². The minimum absolute atomic E-state index is 0.108. The quantitative estimate of drug-likeness (QED) is 0.836. The second kappa shape index (κ2) is 5.22. The molecule has 2 heterocycles. The van der Waals surface area contributed by atoms with Crippen molar-refractivity contribution < 1.29 is 23.8 Å². The van der Waals surface area contributed by atoms with Crippen molar-refractivity contribution in [3.8, 4) is 0 Å². The number of carboxylic acids is 1.